The zero-order valence-corrected chi connectivity index (χ0v) is 12.2. The summed E-state index contributed by atoms with van der Waals surface area (Å²) in [6, 6.07) is 12.6. The first-order chi connectivity index (χ1) is 11.6. The number of nitrogens with one attached hydrogen (secondary N) is 2. The van der Waals surface area contributed by atoms with Crippen molar-refractivity contribution in [2.24, 2.45) is 0 Å². The Hall–Kier alpha value is -3.75. The van der Waals surface area contributed by atoms with E-state index in [9.17, 15) is 14.9 Å². The van der Waals surface area contributed by atoms with Gasteiger partial charge < -0.3 is 4.74 Å². The minimum absolute atomic E-state index is 0.00412. The van der Waals surface area contributed by atoms with Crippen LogP contribution >= 0.6 is 0 Å². The number of H-pyrrole nitrogens is 1. The molecular formula is C15H11N5O4. The van der Waals surface area contributed by atoms with Crippen LogP contribution in [0.1, 0.15) is 10.4 Å². The summed E-state index contributed by atoms with van der Waals surface area (Å²) < 4.78 is 5.65. The lowest BCUT2D eigenvalue weighted by Crippen LogP contribution is -2.14. The number of non-ortho nitro benzene ring substituents is 1. The maximum Gasteiger partial charge on any atom is 0.270 e. The van der Waals surface area contributed by atoms with Crippen molar-refractivity contribution in [3.05, 3.63) is 70.5 Å². The number of nitro groups is 1. The van der Waals surface area contributed by atoms with Crippen LogP contribution < -0.4 is 10.1 Å². The van der Waals surface area contributed by atoms with E-state index >= 15 is 0 Å². The van der Waals surface area contributed by atoms with E-state index in [-0.39, 0.29) is 22.9 Å². The van der Waals surface area contributed by atoms with E-state index in [2.05, 4.69) is 20.5 Å². The van der Waals surface area contributed by atoms with Gasteiger partial charge in [0, 0.05) is 12.1 Å². The van der Waals surface area contributed by atoms with Crippen LogP contribution in [0, 0.1) is 10.1 Å². The Morgan fingerprint density at radius 3 is 2.67 bits per heavy atom. The van der Waals surface area contributed by atoms with Gasteiger partial charge in [0.05, 0.1) is 10.5 Å². The van der Waals surface area contributed by atoms with E-state index in [0.29, 0.717) is 5.75 Å². The zero-order chi connectivity index (χ0) is 16.9. The molecule has 0 saturated carbocycles. The smallest absolute Gasteiger partial charge is 0.270 e. The third-order valence-corrected chi connectivity index (χ3v) is 3.04. The fraction of sp³-hybridized carbons (Fsp3) is 0. The number of para-hydroxylation sites is 1. The van der Waals surface area contributed by atoms with Gasteiger partial charge in [-0.1, -0.05) is 18.2 Å². The highest BCUT2D eigenvalue weighted by Crippen LogP contribution is 2.29. The summed E-state index contributed by atoms with van der Waals surface area (Å²) in [5, 5.41) is 19.5. The summed E-state index contributed by atoms with van der Waals surface area (Å²) >= 11 is 0. The molecule has 1 heterocycles. The summed E-state index contributed by atoms with van der Waals surface area (Å²) in [6.45, 7) is 0. The van der Waals surface area contributed by atoms with Crippen molar-refractivity contribution in [3.63, 3.8) is 0 Å². The predicted molar refractivity (Wildman–Crippen MR) is 83.9 cm³/mol. The second-order valence-corrected chi connectivity index (χ2v) is 4.64. The Morgan fingerprint density at radius 2 is 2.00 bits per heavy atom. The molecule has 120 valence electrons. The number of hydrogen-bond acceptors (Lipinski definition) is 6. The molecule has 3 rings (SSSR count). The van der Waals surface area contributed by atoms with Crippen molar-refractivity contribution in [1.82, 2.24) is 15.2 Å². The molecular weight excluding hydrogens is 314 g/mol. The molecule has 0 unspecified atom stereocenters. The second-order valence-electron chi connectivity index (χ2n) is 4.64. The first-order valence-corrected chi connectivity index (χ1v) is 6.81. The van der Waals surface area contributed by atoms with Gasteiger partial charge in [-0.2, -0.15) is 10.1 Å². The SMILES string of the molecule is O=C(Nc1ncn[nH]1)c1cc([N+](=O)[O-])ccc1Oc1ccccc1. The van der Waals surface area contributed by atoms with Crippen molar-refractivity contribution in [3.8, 4) is 11.5 Å². The first-order valence-electron chi connectivity index (χ1n) is 6.81. The van der Waals surface area contributed by atoms with Crippen LogP contribution in [0.25, 0.3) is 0 Å². The van der Waals surface area contributed by atoms with Crippen molar-refractivity contribution in [2.45, 2.75) is 0 Å². The molecule has 24 heavy (non-hydrogen) atoms. The van der Waals surface area contributed by atoms with E-state index in [4.69, 9.17) is 4.74 Å². The molecule has 0 aliphatic rings. The lowest BCUT2D eigenvalue weighted by molar-refractivity contribution is -0.384. The number of carbonyl (C=O) groups excluding carboxylic acids is 1. The summed E-state index contributed by atoms with van der Waals surface area (Å²) in [6.07, 6.45) is 1.23. The molecule has 2 aromatic carbocycles. The Labute approximate surface area is 135 Å². The normalized spacial score (nSPS) is 10.2. The molecule has 0 spiro atoms. The Balaban J connectivity index is 1.95. The van der Waals surface area contributed by atoms with Gasteiger partial charge >= 0.3 is 0 Å². The van der Waals surface area contributed by atoms with Gasteiger partial charge in [-0.05, 0) is 18.2 Å². The summed E-state index contributed by atoms with van der Waals surface area (Å²) in [5.74, 6) is 0.197. The molecule has 1 amide bonds. The third kappa shape index (κ3) is 3.35. The van der Waals surface area contributed by atoms with Crippen LogP contribution in [0.3, 0.4) is 0 Å². The molecule has 0 aliphatic heterocycles. The molecule has 2 N–H and O–H groups in total. The van der Waals surface area contributed by atoms with E-state index in [0.717, 1.165) is 6.07 Å². The van der Waals surface area contributed by atoms with Crippen LogP contribution in [0.5, 0.6) is 11.5 Å². The van der Waals surface area contributed by atoms with Gasteiger partial charge in [0.15, 0.2) is 0 Å². The Morgan fingerprint density at radius 1 is 1.21 bits per heavy atom. The molecule has 9 nitrogen and oxygen atoms in total. The molecule has 0 atom stereocenters. The average molecular weight is 325 g/mol. The summed E-state index contributed by atoms with van der Waals surface area (Å²) in [4.78, 5) is 26.6. The fourth-order valence-corrected chi connectivity index (χ4v) is 1.95. The highest BCUT2D eigenvalue weighted by Gasteiger charge is 2.19. The number of anilines is 1. The van der Waals surface area contributed by atoms with E-state index in [1.54, 1.807) is 24.3 Å². The number of rotatable bonds is 5. The molecule has 0 fully saturated rings. The molecule has 9 heteroatoms. The minimum atomic E-state index is -0.610. The number of aromatic amines is 1. The van der Waals surface area contributed by atoms with E-state index in [1.807, 2.05) is 6.07 Å². The lowest BCUT2D eigenvalue weighted by atomic mass is 10.1. The van der Waals surface area contributed by atoms with Gasteiger partial charge in [-0.3, -0.25) is 20.2 Å². The maximum absolute atomic E-state index is 12.4. The first kappa shape index (κ1) is 15.2. The number of amides is 1. The van der Waals surface area contributed by atoms with Gasteiger partial charge in [0.25, 0.3) is 11.6 Å². The van der Waals surface area contributed by atoms with Crippen LogP contribution in [-0.2, 0) is 0 Å². The highest BCUT2D eigenvalue weighted by molar-refractivity contribution is 6.05. The molecule has 0 radical (unpaired) electrons. The standard InChI is InChI=1S/C15H11N5O4/c21-14(18-15-16-9-17-19-15)12-8-10(20(22)23)6-7-13(12)24-11-4-2-1-3-5-11/h1-9H,(H2,16,17,18,19,21). The fourth-order valence-electron chi connectivity index (χ4n) is 1.95. The predicted octanol–water partition coefficient (Wildman–Crippen LogP) is 2.76. The van der Waals surface area contributed by atoms with Crippen LogP contribution in [-0.4, -0.2) is 26.0 Å². The number of benzene rings is 2. The molecule has 1 aromatic heterocycles. The van der Waals surface area contributed by atoms with Crippen molar-refractivity contribution < 1.29 is 14.5 Å². The van der Waals surface area contributed by atoms with Crippen molar-refractivity contribution >= 4 is 17.5 Å². The summed E-state index contributed by atoms with van der Waals surface area (Å²) in [7, 11) is 0. The van der Waals surface area contributed by atoms with Gasteiger partial charge in [0.2, 0.25) is 5.95 Å². The lowest BCUT2D eigenvalue weighted by Gasteiger charge is -2.10. The topological polar surface area (TPSA) is 123 Å². The molecule has 0 bridgehead atoms. The van der Waals surface area contributed by atoms with Crippen molar-refractivity contribution in [1.29, 1.82) is 0 Å². The number of hydrogen-bond donors (Lipinski definition) is 2. The minimum Gasteiger partial charge on any atom is -0.457 e. The number of ether oxygens (including phenoxy) is 1. The third-order valence-electron chi connectivity index (χ3n) is 3.04. The van der Waals surface area contributed by atoms with Gasteiger partial charge in [0.1, 0.15) is 17.8 Å². The van der Waals surface area contributed by atoms with Gasteiger partial charge in [-0.15, -0.1) is 0 Å². The summed E-state index contributed by atoms with van der Waals surface area (Å²) in [5.41, 5.74) is -0.220. The highest BCUT2D eigenvalue weighted by atomic mass is 16.6. The van der Waals surface area contributed by atoms with Crippen LogP contribution in [0.15, 0.2) is 54.9 Å². The number of nitro benzene ring substituents is 1. The Kier molecular flexibility index (Phi) is 4.15. The quantitative estimate of drug-likeness (QED) is 0.549. The Bertz CT molecular complexity index is 865. The van der Waals surface area contributed by atoms with Crippen molar-refractivity contribution in [2.75, 3.05) is 5.32 Å². The maximum atomic E-state index is 12.4. The van der Waals surface area contributed by atoms with Crippen LogP contribution in [0.2, 0.25) is 0 Å². The molecule has 0 aliphatic carbocycles. The largest absolute Gasteiger partial charge is 0.457 e. The van der Waals surface area contributed by atoms with E-state index < -0.39 is 10.8 Å². The van der Waals surface area contributed by atoms with E-state index in [1.165, 1.54) is 18.5 Å². The monoisotopic (exact) mass is 325 g/mol. The van der Waals surface area contributed by atoms with Gasteiger partial charge in [-0.25, -0.2) is 5.10 Å². The average Bonchev–Trinajstić information content (AvgIpc) is 3.09. The van der Waals surface area contributed by atoms with Crippen LogP contribution in [0.4, 0.5) is 11.6 Å². The second kappa shape index (κ2) is 6.57. The number of aromatic nitrogens is 3. The zero-order valence-electron chi connectivity index (χ0n) is 12.2. The number of nitrogens with zero attached hydrogens (tertiary/aromatic N) is 3. The molecule has 3 aromatic rings. The molecule has 0 saturated heterocycles. The number of carbonyl (C=O) groups is 1.